The molecule has 29 heavy (non-hydrogen) atoms. The molecule has 0 unspecified atom stereocenters. The summed E-state index contributed by atoms with van der Waals surface area (Å²) in [6, 6.07) is 8.73. The summed E-state index contributed by atoms with van der Waals surface area (Å²) in [6.45, 7) is 16.6. The van der Waals surface area contributed by atoms with Gasteiger partial charge in [-0.15, -0.1) is 24.0 Å². The molecule has 0 saturated heterocycles. The summed E-state index contributed by atoms with van der Waals surface area (Å²) < 4.78 is 0. The third-order valence-electron chi connectivity index (χ3n) is 5.83. The van der Waals surface area contributed by atoms with E-state index in [1.165, 1.54) is 11.1 Å². The van der Waals surface area contributed by atoms with Crippen LogP contribution in [-0.4, -0.2) is 48.8 Å². The lowest BCUT2D eigenvalue weighted by Gasteiger charge is -2.32. The fourth-order valence-electron chi connectivity index (χ4n) is 3.49. The van der Waals surface area contributed by atoms with Crippen LogP contribution in [0.25, 0.3) is 0 Å². The second-order valence-corrected chi connectivity index (χ2v) is 7.51. The largest absolute Gasteiger partial charge is 0.396 e. The molecule has 0 radical (unpaired) electrons. The van der Waals surface area contributed by atoms with Crippen molar-refractivity contribution in [2.24, 2.45) is 10.4 Å². The number of nitrogens with one attached hydrogen (secondary N) is 2. The van der Waals surface area contributed by atoms with Gasteiger partial charge in [0.05, 0.1) is 6.54 Å². The fraction of sp³-hybridized carbons (Fsp3) is 0.696. The Kier molecular flexibility index (Phi) is 15.4. The highest BCUT2D eigenvalue weighted by atomic mass is 127. The Morgan fingerprint density at radius 2 is 1.69 bits per heavy atom. The van der Waals surface area contributed by atoms with Gasteiger partial charge < -0.3 is 15.7 Å². The highest BCUT2D eigenvalue weighted by molar-refractivity contribution is 14.0. The monoisotopic (exact) mass is 518 g/mol. The molecule has 0 aliphatic carbocycles. The number of halogens is 1. The molecular weight excluding hydrogens is 475 g/mol. The molecule has 0 aromatic heterocycles. The first kappa shape index (κ1) is 28.1. The highest BCUT2D eigenvalue weighted by Gasteiger charge is 2.25. The minimum atomic E-state index is 0. The van der Waals surface area contributed by atoms with Crippen molar-refractivity contribution in [3.8, 4) is 0 Å². The van der Waals surface area contributed by atoms with E-state index in [1.54, 1.807) is 0 Å². The zero-order valence-corrected chi connectivity index (χ0v) is 21.5. The maximum atomic E-state index is 9.43. The summed E-state index contributed by atoms with van der Waals surface area (Å²) in [5.74, 6) is 0.848. The molecule has 1 aromatic rings. The predicted molar refractivity (Wildman–Crippen MR) is 136 cm³/mol. The van der Waals surface area contributed by atoms with Crippen LogP contribution in [0.5, 0.6) is 0 Å². The molecule has 0 spiro atoms. The number of benzene rings is 1. The summed E-state index contributed by atoms with van der Waals surface area (Å²) in [7, 11) is 0. The first-order valence-corrected chi connectivity index (χ1v) is 11.0. The lowest BCUT2D eigenvalue weighted by molar-refractivity contribution is 0.169. The van der Waals surface area contributed by atoms with E-state index in [0.29, 0.717) is 6.54 Å². The molecule has 3 N–H and O–H groups in total. The van der Waals surface area contributed by atoms with Gasteiger partial charge in [0.25, 0.3) is 0 Å². The Balaban J connectivity index is 0.00000784. The van der Waals surface area contributed by atoms with E-state index in [-0.39, 0.29) is 36.0 Å². The Morgan fingerprint density at radius 3 is 2.24 bits per heavy atom. The van der Waals surface area contributed by atoms with Crippen molar-refractivity contribution in [3.05, 3.63) is 35.4 Å². The number of hydrogen-bond acceptors (Lipinski definition) is 3. The summed E-state index contributed by atoms with van der Waals surface area (Å²) in [5, 5.41) is 16.3. The third-order valence-corrected chi connectivity index (χ3v) is 5.83. The van der Waals surface area contributed by atoms with Crippen LogP contribution >= 0.6 is 24.0 Å². The summed E-state index contributed by atoms with van der Waals surface area (Å²) in [5.41, 5.74) is 2.69. The number of hydrogen-bond donors (Lipinski definition) is 3. The standard InChI is InChI=1S/C23H42N4O.HI/c1-6-23(7-2,14-15-28)19-26-22(24-8-3)25-17-20-12-11-13-21(16-20)18-27(9-4)10-5;/h11-13,16,28H,6-10,14-15,17-19H2,1-5H3,(H2,24,25,26);1H. The van der Waals surface area contributed by atoms with Gasteiger partial charge in [0, 0.05) is 26.2 Å². The SMILES string of the molecule is CCNC(=NCc1cccc(CN(CC)CC)c1)NCC(CC)(CC)CCO.I. The minimum absolute atomic E-state index is 0. The van der Waals surface area contributed by atoms with E-state index in [1.807, 2.05) is 0 Å². The molecule has 0 heterocycles. The first-order valence-electron chi connectivity index (χ1n) is 11.0. The van der Waals surface area contributed by atoms with Gasteiger partial charge in [-0.2, -0.15) is 0 Å². The van der Waals surface area contributed by atoms with Crippen molar-refractivity contribution in [1.29, 1.82) is 0 Å². The zero-order valence-electron chi connectivity index (χ0n) is 19.1. The van der Waals surface area contributed by atoms with Gasteiger partial charge in [-0.05, 0) is 55.8 Å². The topological polar surface area (TPSA) is 59.9 Å². The molecule has 6 heteroatoms. The smallest absolute Gasteiger partial charge is 0.191 e. The van der Waals surface area contributed by atoms with Crippen LogP contribution in [0.1, 0.15) is 65.0 Å². The fourth-order valence-corrected chi connectivity index (χ4v) is 3.49. The molecule has 0 saturated carbocycles. The van der Waals surface area contributed by atoms with Crippen LogP contribution in [0, 0.1) is 5.41 Å². The van der Waals surface area contributed by atoms with Gasteiger partial charge >= 0.3 is 0 Å². The van der Waals surface area contributed by atoms with Gasteiger partial charge in [-0.1, -0.05) is 52.0 Å². The van der Waals surface area contributed by atoms with Crippen molar-refractivity contribution in [1.82, 2.24) is 15.5 Å². The molecule has 0 atom stereocenters. The normalized spacial score (nSPS) is 12.0. The minimum Gasteiger partial charge on any atom is -0.396 e. The van der Waals surface area contributed by atoms with Crippen molar-refractivity contribution in [2.75, 3.05) is 32.8 Å². The van der Waals surface area contributed by atoms with Crippen LogP contribution in [0.2, 0.25) is 0 Å². The summed E-state index contributed by atoms with van der Waals surface area (Å²) in [4.78, 5) is 7.22. The Bertz CT molecular complexity index is 572. The maximum Gasteiger partial charge on any atom is 0.191 e. The molecule has 1 aromatic carbocycles. The van der Waals surface area contributed by atoms with Gasteiger partial charge in [-0.3, -0.25) is 4.90 Å². The van der Waals surface area contributed by atoms with Crippen molar-refractivity contribution in [2.45, 2.75) is 67.0 Å². The van der Waals surface area contributed by atoms with Gasteiger partial charge in [0.15, 0.2) is 5.96 Å². The van der Waals surface area contributed by atoms with Crippen LogP contribution in [0.4, 0.5) is 0 Å². The van der Waals surface area contributed by atoms with E-state index in [0.717, 1.165) is 57.9 Å². The van der Waals surface area contributed by atoms with Gasteiger partial charge in [0.1, 0.15) is 0 Å². The van der Waals surface area contributed by atoms with E-state index >= 15 is 0 Å². The van der Waals surface area contributed by atoms with Crippen LogP contribution in [0.15, 0.2) is 29.3 Å². The second kappa shape index (κ2) is 15.9. The number of nitrogens with zero attached hydrogens (tertiary/aromatic N) is 2. The number of guanidine groups is 1. The molecule has 1 rings (SSSR count). The Labute approximate surface area is 195 Å². The quantitative estimate of drug-likeness (QED) is 0.206. The lowest BCUT2D eigenvalue weighted by atomic mass is 9.79. The van der Waals surface area contributed by atoms with E-state index < -0.39 is 0 Å². The molecule has 0 bridgehead atoms. The molecule has 5 nitrogen and oxygen atoms in total. The summed E-state index contributed by atoms with van der Waals surface area (Å²) in [6.07, 6.45) is 2.91. The summed E-state index contributed by atoms with van der Waals surface area (Å²) >= 11 is 0. The average molecular weight is 519 g/mol. The number of rotatable bonds is 13. The zero-order chi connectivity index (χ0) is 20.8. The molecular formula is C23H43IN4O. The van der Waals surface area contributed by atoms with Crippen LogP contribution < -0.4 is 10.6 Å². The lowest BCUT2D eigenvalue weighted by Crippen LogP contribution is -2.43. The van der Waals surface area contributed by atoms with Crippen LogP contribution in [-0.2, 0) is 13.1 Å². The number of aliphatic hydroxyl groups excluding tert-OH is 1. The second-order valence-electron chi connectivity index (χ2n) is 7.51. The Hall–Kier alpha value is -0.860. The Morgan fingerprint density at radius 1 is 1.03 bits per heavy atom. The highest BCUT2D eigenvalue weighted by Crippen LogP contribution is 2.29. The number of aliphatic hydroxyl groups is 1. The van der Waals surface area contributed by atoms with Crippen molar-refractivity contribution >= 4 is 29.9 Å². The molecule has 168 valence electrons. The van der Waals surface area contributed by atoms with Gasteiger partial charge in [0.2, 0.25) is 0 Å². The van der Waals surface area contributed by atoms with Crippen molar-refractivity contribution in [3.63, 3.8) is 0 Å². The molecule has 0 aliphatic heterocycles. The van der Waals surface area contributed by atoms with Gasteiger partial charge in [-0.25, -0.2) is 4.99 Å². The average Bonchev–Trinajstić information content (AvgIpc) is 2.73. The maximum absolute atomic E-state index is 9.43. The first-order chi connectivity index (χ1) is 13.6. The van der Waals surface area contributed by atoms with E-state index in [2.05, 4.69) is 74.4 Å². The molecule has 0 aliphatic rings. The van der Waals surface area contributed by atoms with Crippen molar-refractivity contribution < 1.29 is 5.11 Å². The van der Waals surface area contributed by atoms with E-state index in [4.69, 9.17) is 4.99 Å². The van der Waals surface area contributed by atoms with E-state index in [9.17, 15) is 5.11 Å². The van der Waals surface area contributed by atoms with Crippen LogP contribution in [0.3, 0.4) is 0 Å². The molecule has 0 amide bonds. The predicted octanol–water partition coefficient (Wildman–Crippen LogP) is 4.39. The number of aliphatic imine (C=N–C) groups is 1. The molecule has 0 fully saturated rings. The third kappa shape index (κ3) is 10.1.